The predicted octanol–water partition coefficient (Wildman–Crippen LogP) is 4.30. The molecule has 1 heterocycles. The van der Waals surface area contributed by atoms with Crippen molar-refractivity contribution in [3.63, 3.8) is 0 Å². The van der Waals surface area contributed by atoms with Gasteiger partial charge in [-0.25, -0.2) is 4.99 Å². The van der Waals surface area contributed by atoms with Crippen LogP contribution in [-0.4, -0.2) is 13.1 Å². The molecule has 0 saturated carbocycles. The molecule has 0 aromatic heterocycles. The number of benzene rings is 3. The molecule has 3 aromatic rings. The molecule has 4 rings (SSSR count). The third kappa shape index (κ3) is 2.91. The van der Waals surface area contributed by atoms with Crippen molar-refractivity contribution < 1.29 is 0 Å². The summed E-state index contributed by atoms with van der Waals surface area (Å²) in [7, 11) is 0. The Morgan fingerprint density at radius 2 is 1.68 bits per heavy atom. The summed E-state index contributed by atoms with van der Waals surface area (Å²) in [6.45, 7) is 6.20. The van der Waals surface area contributed by atoms with Gasteiger partial charge >= 0.3 is 0 Å². The lowest BCUT2D eigenvalue weighted by atomic mass is 10.0. The van der Waals surface area contributed by atoms with Gasteiger partial charge in [-0.2, -0.15) is 10.5 Å². The molecule has 5 heteroatoms. The van der Waals surface area contributed by atoms with Gasteiger partial charge in [-0.3, -0.25) is 0 Å². The summed E-state index contributed by atoms with van der Waals surface area (Å²) in [5.74, 6) is 0. The van der Waals surface area contributed by atoms with Crippen LogP contribution in [0.3, 0.4) is 0 Å². The maximum atomic E-state index is 9.41. The van der Waals surface area contributed by atoms with Crippen LogP contribution in [0.25, 0.3) is 16.3 Å². The van der Waals surface area contributed by atoms with Crippen LogP contribution in [-0.2, 0) is 0 Å². The van der Waals surface area contributed by atoms with Crippen LogP contribution in [0, 0.1) is 22.7 Å². The zero-order chi connectivity index (χ0) is 19.7. The molecule has 0 atom stereocenters. The largest absolute Gasteiger partial charge is 0.372 e. The Balaban J connectivity index is 2.02. The van der Waals surface area contributed by atoms with E-state index < -0.39 is 0 Å². The Morgan fingerprint density at radius 3 is 2.36 bits per heavy atom. The fourth-order valence-corrected chi connectivity index (χ4v) is 4.65. The summed E-state index contributed by atoms with van der Waals surface area (Å²) in [4.78, 5) is 9.30. The molecule has 3 aromatic carbocycles. The third-order valence-corrected chi connectivity index (χ3v) is 6.08. The van der Waals surface area contributed by atoms with E-state index in [9.17, 15) is 10.5 Å². The molecule has 0 aliphatic carbocycles. The summed E-state index contributed by atoms with van der Waals surface area (Å²) in [6.07, 6.45) is 0. The summed E-state index contributed by atoms with van der Waals surface area (Å²) in [5.41, 5.74) is 2.26. The first-order valence-corrected chi connectivity index (χ1v) is 10.0. The second kappa shape index (κ2) is 7.38. The van der Waals surface area contributed by atoms with Crippen LogP contribution in [0.1, 0.15) is 13.8 Å². The van der Waals surface area contributed by atoms with E-state index in [4.69, 9.17) is 4.99 Å². The molecule has 136 valence electrons. The van der Waals surface area contributed by atoms with Gasteiger partial charge in [0.05, 0.1) is 11.0 Å². The van der Waals surface area contributed by atoms with Crippen molar-refractivity contribution >= 4 is 39.5 Å². The first-order valence-electron chi connectivity index (χ1n) is 9.22. The van der Waals surface area contributed by atoms with Gasteiger partial charge in [-0.1, -0.05) is 36.0 Å². The van der Waals surface area contributed by atoms with Crippen LogP contribution in [0.5, 0.6) is 0 Å². The molecule has 1 aliphatic heterocycles. The second-order valence-electron chi connectivity index (χ2n) is 6.45. The first kappa shape index (κ1) is 18.1. The van der Waals surface area contributed by atoms with Gasteiger partial charge in [0.1, 0.15) is 17.7 Å². The second-order valence-corrected chi connectivity index (χ2v) is 7.54. The molecule has 0 N–H and O–H groups in total. The van der Waals surface area contributed by atoms with Crippen molar-refractivity contribution in [1.82, 2.24) is 0 Å². The van der Waals surface area contributed by atoms with Gasteiger partial charge in [0.25, 0.3) is 0 Å². The number of anilines is 1. The Labute approximate surface area is 168 Å². The highest BCUT2D eigenvalue weighted by Crippen LogP contribution is 2.39. The molecule has 0 fully saturated rings. The van der Waals surface area contributed by atoms with Crippen molar-refractivity contribution in [3.8, 4) is 12.1 Å². The highest BCUT2D eigenvalue weighted by molar-refractivity contribution is 7.99. The number of nitrogens with zero attached hydrogens (tertiary/aromatic N) is 4. The third-order valence-electron chi connectivity index (χ3n) is 5.00. The van der Waals surface area contributed by atoms with Crippen LogP contribution in [0.4, 0.5) is 11.4 Å². The maximum absolute atomic E-state index is 9.41. The van der Waals surface area contributed by atoms with E-state index in [1.54, 1.807) is 11.8 Å². The monoisotopic (exact) mass is 382 g/mol. The molecular formula is C23H18N4S. The summed E-state index contributed by atoms with van der Waals surface area (Å²) < 4.78 is 0. The quantitative estimate of drug-likeness (QED) is 0.530. The van der Waals surface area contributed by atoms with E-state index in [2.05, 4.69) is 36.9 Å². The Bertz CT molecular complexity index is 1280. The van der Waals surface area contributed by atoms with Gasteiger partial charge in [-0.15, -0.1) is 0 Å². The number of nitriles is 2. The topological polar surface area (TPSA) is 63.2 Å². The molecule has 0 amide bonds. The van der Waals surface area contributed by atoms with Crippen LogP contribution >= 0.6 is 11.8 Å². The van der Waals surface area contributed by atoms with Crippen LogP contribution in [0.2, 0.25) is 0 Å². The SMILES string of the molecule is CCN(CC)c1ccc2c(c1)Sc1cc(=C(C#N)C#N)c3ccccc3c1=N2. The van der Waals surface area contributed by atoms with Crippen molar-refractivity contribution in [2.75, 3.05) is 18.0 Å². The molecule has 28 heavy (non-hydrogen) atoms. The van der Waals surface area contributed by atoms with Gasteiger partial charge in [0.2, 0.25) is 0 Å². The predicted molar refractivity (Wildman–Crippen MR) is 113 cm³/mol. The minimum atomic E-state index is 0.127. The van der Waals surface area contributed by atoms with E-state index in [0.717, 1.165) is 44.7 Å². The molecule has 0 spiro atoms. The molecule has 0 saturated heterocycles. The van der Waals surface area contributed by atoms with E-state index in [1.165, 1.54) is 5.69 Å². The Morgan fingerprint density at radius 1 is 0.964 bits per heavy atom. The first-order chi connectivity index (χ1) is 13.7. The Hall–Kier alpha value is -3.28. The van der Waals surface area contributed by atoms with Gasteiger partial charge < -0.3 is 4.90 Å². The average molecular weight is 382 g/mol. The fraction of sp³-hybridized carbons (Fsp3) is 0.174. The number of fused-ring (bicyclic) bond motifs is 4. The van der Waals surface area contributed by atoms with Crippen LogP contribution in [0.15, 0.2) is 63.3 Å². The number of hydrogen-bond donors (Lipinski definition) is 0. The lowest BCUT2D eigenvalue weighted by molar-refractivity contribution is 0.864. The van der Waals surface area contributed by atoms with E-state index in [1.807, 2.05) is 42.5 Å². The maximum Gasteiger partial charge on any atom is 0.137 e. The summed E-state index contributed by atoms with van der Waals surface area (Å²) >= 11 is 1.65. The molecule has 0 unspecified atom stereocenters. The minimum Gasteiger partial charge on any atom is -0.372 e. The molecule has 0 radical (unpaired) electrons. The number of rotatable bonds is 3. The van der Waals surface area contributed by atoms with Crippen molar-refractivity contribution in [3.05, 3.63) is 59.1 Å². The zero-order valence-electron chi connectivity index (χ0n) is 15.7. The normalized spacial score (nSPS) is 11.6. The van der Waals surface area contributed by atoms with E-state index >= 15 is 0 Å². The van der Waals surface area contributed by atoms with Crippen LogP contribution < -0.4 is 15.5 Å². The van der Waals surface area contributed by atoms with Gasteiger partial charge in [0, 0.05) is 39.2 Å². The summed E-state index contributed by atoms with van der Waals surface area (Å²) in [5, 5.41) is 22.2. The standard InChI is InChI=1S/C23H18N4S/c1-3-27(4-2)16-9-10-20-21(11-16)28-22-12-19(15(13-24)14-25)17-7-5-6-8-18(17)23(22)26-20/h5-12H,3-4H2,1-2H3. The lowest BCUT2D eigenvalue weighted by Gasteiger charge is -2.23. The van der Waals surface area contributed by atoms with Gasteiger partial charge in [-0.05, 0) is 43.5 Å². The molecule has 4 nitrogen and oxygen atoms in total. The highest BCUT2D eigenvalue weighted by Gasteiger charge is 2.17. The summed E-state index contributed by atoms with van der Waals surface area (Å²) in [6, 6.07) is 20.2. The smallest absolute Gasteiger partial charge is 0.137 e. The fourth-order valence-electron chi connectivity index (χ4n) is 3.58. The molecule has 0 bridgehead atoms. The van der Waals surface area contributed by atoms with Crippen molar-refractivity contribution in [2.45, 2.75) is 23.6 Å². The molecular weight excluding hydrogens is 364 g/mol. The minimum absolute atomic E-state index is 0.127. The lowest BCUT2D eigenvalue weighted by Crippen LogP contribution is -2.22. The average Bonchev–Trinajstić information content (AvgIpc) is 2.74. The van der Waals surface area contributed by atoms with E-state index in [-0.39, 0.29) is 5.57 Å². The van der Waals surface area contributed by atoms with E-state index in [0.29, 0.717) is 5.22 Å². The zero-order valence-corrected chi connectivity index (χ0v) is 16.5. The van der Waals surface area contributed by atoms with Crippen molar-refractivity contribution in [2.24, 2.45) is 4.99 Å². The highest BCUT2D eigenvalue weighted by atomic mass is 32.2. The molecule has 1 aliphatic rings. The van der Waals surface area contributed by atoms with Crippen molar-refractivity contribution in [1.29, 1.82) is 10.5 Å². The number of hydrogen-bond acceptors (Lipinski definition) is 5. The van der Waals surface area contributed by atoms with Gasteiger partial charge in [0.15, 0.2) is 0 Å². The Kier molecular flexibility index (Phi) is 4.77.